The number of nitrogens with zero attached hydrogens (tertiary/aromatic N) is 1. The largest absolute Gasteiger partial charge is 0.494 e. The quantitative estimate of drug-likeness (QED) is 0.110. The number of aromatic nitrogens is 1. The van der Waals surface area contributed by atoms with E-state index in [1.165, 1.54) is 43.3 Å². The molecular weight excluding hydrogens is 702 g/mol. The van der Waals surface area contributed by atoms with E-state index >= 15 is 4.39 Å². The highest BCUT2D eigenvalue weighted by molar-refractivity contribution is 7.91. The fraction of sp³-hybridized carbons (Fsp3) is 0.273. The van der Waals surface area contributed by atoms with Gasteiger partial charge in [0, 0.05) is 35.1 Å². The molecule has 0 radical (unpaired) electrons. The maximum Gasteiger partial charge on any atom is 0.490 e. The number of carbonyl (C=O) groups is 3. The molecule has 0 bridgehead atoms. The van der Waals surface area contributed by atoms with Crippen LogP contribution in [0.25, 0.3) is 10.8 Å². The Morgan fingerprint density at radius 3 is 2.27 bits per heavy atom. The standard InChI is InChI=1S/C31H34FN5O6S.C2HF3O2/c1-4-42-23-9-11-26(32)25(17-23)28(36-21-7-10-24-19(15-21)13-14-34-29(24)33)30(38)35-18-20-16-22(37-31(39)43-5-2)8-12-27(20)44(40,41)6-3;3-2(4,5)1(6)7/h7-17,28,36H,4-6,18H2,1-3H3,(H2,33,34)(H,35,38)(H,37,39);(H,6,7). The Morgan fingerprint density at radius 1 is 0.961 bits per heavy atom. The molecule has 0 saturated heterocycles. The zero-order valence-corrected chi connectivity index (χ0v) is 28.3. The number of hydrogen-bond acceptors (Lipinski definition) is 10. The minimum absolute atomic E-state index is 0.00975. The van der Waals surface area contributed by atoms with E-state index in [2.05, 4.69) is 20.9 Å². The maximum absolute atomic E-state index is 15.3. The number of anilines is 3. The van der Waals surface area contributed by atoms with Crippen molar-refractivity contribution in [2.75, 3.05) is 35.3 Å². The lowest BCUT2D eigenvalue weighted by molar-refractivity contribution is -0.192. The minimum Gasteiger partial charge on any atom is -0.494 e. The number of carbonyl (C=O) groups excluding carboxylic acids is 2. The van der Waals surface area contributed by atoms with Crippen LogP contribution in [0.2, 0.25) is 0 Å². The van der Waals surface area contributed by atoms with Crippen molar-refractivity contribution in [2.24, 2.45) is 0 Å². The fourth-order valence-electron chi connectivity index (χ4n) is 4.57. The topological polar surface area (TPSA) is 199 Å². The van der Waals surface area contributed by atoms with Gasteiger partial charge in [-0.1, -0.05) is 6.92 Å². The molecule has 0 aliphatic heterocycles. The molecule has 0 aliphatic carbocycles. The molecule has 274 valence electrons. The Balaban J connectivity index is 0.000000908. The van der Waals surface area contributed by atoms with E-state index in [1.807, 2.05) is 0 Å². The molecule has 6 N–H and O–H groups in total. The fourth-order valence-corrected chi connectivity index (χ4v) is 5.68. The molecule has 4 rings (SSSR count). The predicted octanol–water partition coefficient (Wildman–Crippen LogP) is 5.82. The van der Waals surface area contributed by atoms with Crippen molar-refractivity contribution in [3.05, 3.63) is 83.8 Å². The van der Waals surface area contributed by atoms with Crippen LogP contribution < -0.4 is 26.4 Å². The summed E-state index contributed by atoms with van der Waals surface area (Å²) in [5.74, 6) is -3.51. The van der Waals surface area contributed by atoms with Gasteiger partial charge < -0.3 is 30.9 Å². The van der Waals surface area contributed by atoms with Crippen LogP contribution in [0, 0.1) is 5.82 Å². The molecule has 4 aromatic rings. The molecule has 51 heavy (non-hydrogen) atoms. The zero-order chi connectivity index (χ0) is 37.9. The Kier molecular flexibility index (Phi) is 13.5. The van der Waals surface area contributed by atoms with Gasteiger partial charge >= 0.3 is 18.2 Å². The molecular formula is C33H35F4N5O8S. The van der Waals surface area contributed by atoms with Crippen LogP contribution in [0.15, 0.2) is 71.8 Å². The molecule has 1 heterocycles. The number of halogens is 4. The van der Waals surface area contributed by atoms with E-state index in [1.54, 1.807) is 44.3 Å². The maximum atomic E-state index is 15.3. The Bertz CT molecular complexity index is 1990. The summed E-state index contributed by atoms with van der Waals surface area (Å²) >= 11 is 0. The summed E-state index contributed by atoms with van der Waals surface area (Å²) < 4.78 is 83.2. The highest BCUT2D eigenvalue weighted by atomic mass is 32.2. The summed E-state index contributed by atoms with van der Waals surface area (Å²) in [7, 11) is -3.70. The predicted molar refractivity (Wildman–Crippen MR) is 180 cm³/mol. The van der Waals surface area contributed by atoms with Crippen LogP contribution in [-0.4, -0.2) is 61.6 Å². The molecule has 0 fully saturated rings. The van der Waals surface area contributed by atoms with Crippen molar-refractivity contribution in [1.82, 2.24) is 10.3 Å². The van der Waals surface area contributed by atoms with Gasteiger partial charge in [-0.15, -0.1) is 0 Å². The van der Waals surface area contributed by atoms with Crippen LogP contribution in [0.5, 0.6) is 5.75 Å². The first-order valence-electron chi connectivity index (χ1n) is 15.2. The van der Waals surface area contributed by atoms with Crippen molar-refractivity contribution >= 4 is 55.8 Å². The van der Waals surface area contributed by atoms with E-state index in [4.69, 9.17) is 25.1 Å². The zero-order valence-electron chi connectivity index (χ0n) is 27.5. The summed E-state index contributed by atoms with van der Waals surface area (Å²) in [5.41, 5.74) is 7.00. The van der Waals surface area contributed by atoms with Gasteiger partial charge in [-0.25, -0.2) is 27.4 Å². The first kappa shape index (κ1) is 39.8. The summed E-state index contributed by atoms with van der Waals surface area (Å²) in [5, 5.41) is 17.0. The average molecular weight is 738 g/mol. The van der Waals surface area contributed by atoms with Gasteiger partial charge in [0.1, 0.15) is 23.4 Å². The van der Waals surface area contributed by atoms with Crippen LogP contribution in [0.1, 0.15) is 37.9 Å². The van der Waals surface area contributed by atoms with Gasteiger partial charge in [0.05, 0.1) is 23.9 Å². The smallest absolute Gasteiger partial charge is 0.490 e. The van der Waals surface area contributed by atoms with Crippen molar-refractivity contribution in [1.29, 1.82) is 0 Å². The second kappa shape index (κ2) is 17.3. The monoisotopic (exact) mass is 737 g/mol. The number of nitrogen functional groups attached to an aromatic ring is 1. The number of carboxylic acid groups (broad SMARTS) is 1. The van der Waals surface area contributed by atoms with Crippen LogP contribution in [0.3, 0.4) is 0 Å². The van der Waals surface area contributed by atoms with Crippen LogP contribution >= 0.6 is 0 Å². The Hall–Kier alpha value is -5.65. The van der Waals surface area contributed by atoms with Crippen molar-refractivity contribution in [3.8, 4) is 5.75 Å². The van der Waals surface area contributed by atoms with E-state index in [9.17, 15) is 31.2 Å². The van der Waals surface area contributed by atoms with Crippen molar-refractivity contribution in [2.45, 2.75) is 44.4 Å². The number of pyridine rings is 1. The minimum atomic E-state index is -5.08. The van der Waals surface area contributed by atoms with E-state index in [0.29, 0.717) is 29.2 Å². The number of rotatable bonds is 12. The molecule has 1 aromatic heterocycles. The van der Waals surface area contributed by atoms with Crippen LogP contribution in [0.4, 0.5) is 39.5 Å². The third-order valence-corrected chi connectivity index (χ3v) is 8.78. The number of amides is 2. The second-order valence-electron chi connectivity index (χ2n) is 10.4. The molecule has 0 aliphatic rings. The summed E-state index contributed by atoms with van der Waals surface area (Å²) in [6.45, 7) is 5.18. The highest BCUT2D eigenvalue weighted by Crippen LogP contribution is 2.30. The molecule has 18 heteroatoms. The first-order valence-corrected chi connectivity index (χ1v) is 16.9. The number of hydrogen-bond donors (Lipinski definition) is 5. The molecule has 1 unspecified atom stereocenters. The molecule has 0 saturated carbocycles. The van der Waals surface area contributed by atoms with Gasteiger partial charge in [0.25, 0.3) is 0 Å². The molecule has 2 amide bonds. The second-order valence-corrected chi connectivity index (χ2v) is 12.7. The SMILES string of the molecule is CCOC(=O)Nc1ccc(S(=O)(=O)CC)c(CNC(=O)C(Nc2ccc3c(N)nccc3c2)c2cc(OCC)ccc2F)c1.O=C(O)C(F)(F)F. The number of nitrogens with one attached hydrogen (secondary N) is 3. The van der Waals surface area contributed by atoms with Gasteiger partial charge in [-0.3, -0.25) is 10.1 Å². The molecule has 0 spiro atoms. The summed E-state index contributed by atoms with van der Waals surface area (Å²) in [4.78, 5) is 38.7. The highest BCUT2D eigenvalue weighted by Gasteiger charge is 2.38. The lowest BCUT2D eigenvalue weighted by atomic mass is 10.0. The van der Waals surface area contributed by atoms with Gasteiger partial charge in [-0.05, 0) is 85.5 Å². The van der Waals surface area contributed by atoms with Gasteiger partial charge in [0.15, 0.2) is 9.84 Å². The van der Waals surface area contributed by atoms with E-state index in [-0.39, 0.29) is 40.6 Å². The first-order chi connectivity index (χ1) is 24.0. The number of fused-ring (bicyclic) bond motifs is 1. The summed E-state index contributed by atoms with van der Waals surface area (Å²) in [6.07, 6.45) is -4.24. The Morgan fingerprint density at radius 2 is 1.65 bits per heavy atom. The van der Waals surface area contributed by atoms with E-state index < -0.39 is 45.8 Å². The van der Waals surface area contributed by atoms with E-state index in [0.717, 1.165) is 5.39 Å². The normalized spacial score (nSPS) is 11.8. The Labute approximate surface area is 290 Å². The van der Waals surface area contributed by atoms with Gasteiger partial charge in [0.2, 0.25) is 5.91 Å². The average Bonchev–Trinajstić information content (AvgIpc) is 3.07. The lowest BCUT2D eigenvalue weighted by Crippen LogP contribution is -2.34. The van der Waals surface area contributed by atoms with Crippen molar-refractivity contribution < 1.29 is 54.9 Å². The number of aliphatic carboxylic acids is 1. The lowest BCUT2D eigenvalue weighted by Gasteiger charge is -2.22. The van der Waals surface area contributed by atoms with Crippen molar-refractivity contribution in [3.63, 3.8) is 0 Å². The molecule has 1 atom stereocenters. The number of benzene rings is 3. The van der Waals surface area contributed by atoms with Gasteiger partial charge in [-0.2, -0.15) is 13.2 Å². The molecule has 3 aromatic carbocycles. The number of ether oxygens (including phenoxy) is 2. The number of carboxylic acids is 1. The van der Waals surface area contributed by atoms with Crippen LogP contribution in [-0.2, 0) is 30.7 Å². The summed E-state index contributed by atoms with van der Waals surface area (Å²) in [6, 6.07) is 14.1. The third-order valence-electron chi connectivity index (χ3n) is 6.95. The number of nitrogens with two attached hydrogens (primary N) is 1. The number of alkyl halides is 3. The number of sulfone groups is 1. The third kappa shape index (κ3) is 10.9. The molecule has 13 nitrogen and oxygen atoms in total.